The number of aryl methyl sites for hydroxylation is 4. The first-order chi connectivity index (χ1) is 16.4. The van der Waals surface area contributed by atoms with E-state index in [9.17, 15) is 4.79 Å². The molecule has 2 aliphatic rings. The lowest BCUT2D eigenvalue weighted by Gasteiger charge is -2.33. The molecule has 0 spiro atoms. The van der Waals surface area contributed by atoms with Gasteiger partial charge in [-0.25, -0.2) is 0 Å². The second-order valence-corrected chi connectivity index (χ2v) is 11.8. The Morgan fingerprint density at radius 1 is 0.588 bits per heavy atom. The Bertz CT molecular complexity index is 841. The van der Waals surface area contributed by atoms with Crippen LogP contribution in [0.4, 0.5) is 0 Å². The zero-order chi connectivity index (χ0) is 24.1. The molecule has 2 atom stereocenters. The number of hydrogen-bond donors (Lipinski definition) is 0. The zero-order valence-electron chi connectivity index (χ0n) is 22.2. The predicted molar refractivity (Wildman–Crippen MR) is 145 cm³/mol. The first-order valence-electron chi connectivity index (χ1n) is 14.1. The molecule has 0 aromatic heterocycles. The van der Waals surface area contributed by atoms with E-state index in [0.717, 1.165) is 12.8 Å². The molecule has 0 bridgehead atoms. The second-order valence-electron chi connectivity index (χ2n) is 11.8. The summed E-state index contributed by atoms with van der Waals surface area (Å²) in [5.74, 6) is 2.58. The molecule has 0 heterocycles. The third-order valence-corrected chi connectivity index (χ3v) is 8.68. The van der Waals surface area contributed by atoms with Crippen molar-refractivity contribution in [1.82, 2.24) is 0 Å². The molecule has 2 aromatic rings. The van der Waals surface area contributed by atoms with Crippen molar-refractivity contribution in [3.05, 3.63) is 69.8 Å². The highest BCUT2D eigenvalue weighted by Crippen LogP contribution is 2.42. The first kappa shape index (κ1) is 25.2. The normalized spacial score (nSPS) is 19.6. The van der Waals surface area contributed by atoms with Crippen LogP contribution in [0.25, 0.3) is 0 Å². The average Bonchev–Trinajstić information content (AvgIpc) is 2.81. The Hall–Kier alpha value is -1.89. The maximum absolute atomic E-state index is 13.8. The van der Waals surface area contributed by atoms with Gasteiger partial charge in [-0.3, -0.25) is 4.79 Å². The monoisotopic (exact) mass is 458 g/mol. The fraction of sp³-hybridized carbons (Fsp3) is 0.606. The molecule has 184 valence electrons. The van der Waals surface area contributed by atoms with E-state index in [1.807, 2.05) is 0 Å². The number of carbonyl (C=O) groups excluding carboxylic acids is 1. The fourth-order valence-corrected chi connectivity index (χ4v) is 7.21. The zero-order valence-corrected chi connectivity index (χ0v) is 22.2. The molecule has 34 heavy (non-hydrogen) atoms. The fourth-order valence-electron chi connectivity index (χ4n) is 7.21. The number of carbonyl (C=O) groups is 1. The first-order valence-corrected chi connectivity index (χ1v) is 14.1. The lowest BCUT2D eigenvalue weighted by atomic mass is 9.71. The molecule has 2 aromatic carbocycles. The van der Waals surface area contributed by atoms with E-state index in [1.54, 1.807) is 0 Å². The van der Waals surface area contributed by atoms with Crippen LogP contribution >= 0.6 is 0 Å². The summed E-state index contributed by atoms with van der Waals surface area (Å²) < 4.78 is 0. The van der Waals surface area contributed by atoms with E-state index in [4.69, 9.17) is 0 Å². The van der Waals surface area contributed by atoms with Gasteiger partial charge in [0.1, 0.15) is 5.78 Å². The second kappa shape index (κ2) is 11.7. The van der Waals surface area contributed by atoms with Gasteiger partial charge in [0.25, 0.3) is 0 Å². The molecule has 1 heteroatoms. The standard InChI is InChI=1S/C33H46O/c1-23-15-24(2)18-29(17-23)32(27-11-7-5-8-12-27)21-31(34)22-33(28-13-9-6-10-14-28)30-19-25(3)16-26(4)20-30/h15-20,27-28,32-33H,5-14,21-22H2,1-4H3/t32-,33-/m0/s1. The molecule has 0 aliphatic heterocycles. The van der Waals surface area contributed by atoms with Gasteiger partial charge in [0.15, 0.2) is 0 Å². The minimum absolute atomic E-state index is 0.387. The van der Waals surface area contributed by atoms with Gasteiger partial charge in [-0.2, -0.15) is 0 Å². The van der Waals surface area contributed by atoms with E-state index in [2.05, 4.69) is 64.1 Å². The Labute approximate surface area is 208 Å². The summed E-state index contributed by atoms with van der Waals surface area (Å²) in [5, 5.41) is 0. The Morgan fingerprint density at radius 3 is 1.24 bits per heavy atom. The highest BCUT2D eigenvalue weighted by molar-refractivity contribution is 5.80. The van der Waals surface area contributed by atoms with Crippen LogP contribution in [0.15, 0.2) is 36.4 Å². The molecule has 2 aliphatic carbocycles. The number of rotatable bonds is 8. The number of hydrogen-bond acceptors (Lipinski definition) is 1. The van der Waals surface area contributed by atoms with Crippen LogP contribution in [-0.4, -0.2) is 5.78 Å². The van der Waals surface area contributed by atoms with Crippen molar-refractivity contribution < 1.29 is 4.79 Å². The number of benzene rings is 2. The minimum Gasteiger partial charge on any atom is -0.300 e. The van der Waals surface area contributed by atoms with Crippen molar-refractivity contribution in [3.8, 4) is 0 Å². The summed E-state index contributed by atoms with van der Waals surface area (Å²) in [7, 11) is 0. The minimum atomic E-state index is 0.387. The molecule has 0 radical (unpaired) electrons. The van der Waals surface area contributed by atoms with Gasteiger partial charge < -0.3 is 0 Å². The van der Waals surface area contributed by atoms with Crippen molar-refractivity contribution in [2.75, 3.05) is 0 Å². The third kappa shape index (κ3) is 6.61. The third-order valence-electron chi connectivity index (χ3n) is 8.68. The van der Waals surface area contributed by atoms with Crippen molar-refractivity contribution in [1.29, 1.82) is 0 Å². The van der Waals surface area contributed by atoms with Crippen LogP contribution < -0.4 is 0 Å². The van der Waals surface area contributed by atoms with Gasteiger partial charge in [0.05, 0.1) is 0 Å². The smallest absolute Gasteiger partial charge is 0.134 e. The molecule has 0 amide bonds. The Kier molecular flexibility index (Phi) is 8.67. The molecule has 1 nitrogen and oxygen atoms in total. The summed E-state index contributed by atoms with van der Waals surface area (Å²) in [5.41, 5.74) is 8.16. The van der Waals surface area contributed by atoms with E-state index in [0.29, 0.717) is 29.5 Å². The molecule has 0 unspecified atom stereocenters. The largest absolute Gasteiger partial charge is 0.300 e. The lowest BCUT2D eigenvalue weighted by molar-refractivity contribution is -0.120. The van der Waals surface area contributed by atoms with Gasteiger partial charge >= 0.3 is 0 Å². The van der Waals surface area contributed by atoms with Crippen LogP contribution in [0.3, 0.4) is 0 Å². The highest BCUT2D eigenvalue weighted by Gasteiger charge is 2.31. The summed E-state index contributed by atoms with van der Waals surface area (Å²) in [6, 6.07) is 14.0. The van der Waals surface area contributed by atoms with E-state index in [-0.39, 0.29) is 0 Å². The lowest BCUT2D eigenvalue weighted by Crippen LogP contribution is -2.23. The molecule has 4 rings (SSSR count). The van der Waals surface area contributed by atoms with Crippen molar-refractivity contribution in [2.24, 2.45) is 11.8 Å². The number of ketones is 1. The molecule has 2 fully saturated rings. The highest BCUT2D eigenvalue weighted by atomic mass is 16.1. The summed E-state index contributed by atoms with van der Waals surface area (Å²) in [6.45, 7) is 8.82. The maximum atomic E-state index is 13.8. The van der Waals surface area contributed by atoms with Gasteiger partial charge in [0.2, 0.25) is 0 Å². The molecule has 0 saturated heterocycles. The van der Waals surface area contributed by atoms with Gasteiger partial charge in [-0.1, -0.05) is 97.2 Å². The topological polar surface area (TPSA) is 17.1 Å². The molecule has 2 saturated carbocycles. The quantitative estimate of drug-likeness (QED) is 0.385. The van der Waals surface area contributed by atoms with Gasteiger partial charge in [-0.05, 0) is 88.2 Å². The van der Waals surface area contributed by atoms with Crippen LogP contribution in [0.1, 0.15) is 122 Å². The summed E-state index contributed by atoms with van der Waals surface area (Å²) >= 11 is 0. The average molecular weight is 459 g/mol. The maximum Gasteiger partial charge on any atom is 0.134 e. The van der Waals surface area contributed by atoms with E-state index in [1.165, 1.54) is 97.6 Å². The molecular weight excluding hydrogens is 412 g/mol. The van der Waals surface area contributed by atoms with Crippen molar-refractivity contribution >= 4 is 5.78 Å². The van der Waals surface area contributed by atoms with Gasteiger partial charge in [-0.15, -0.1) is 0 Å². The van der Waals surface area contributed by atoms with Crippen molar-refractivity contribution in [3.63, 3.8) is 0 Å². The van der Waals surface area contributed by atoms with Crippen LogP contribution in [0.2, 0.25) is 0 Å². The Morgan fingerprint density at radius 2 is 0.912 bits per heavy atom. The van der Waals surface area contributed by atoms with E-state index >= 15 is 0 Å². The summed E-state index contributed by atoms with van der Waals surface area (Å²) in [4.78, 5) is 13.8. The van der Waals surface area contributed by atoms with Crippen LogP contribution in [-0.2, 0) is 4.79 Å². The molecule has 0 N–H and O–H groups in total. The molecular formula is C33H46O. The predicted octanol–water partition coefficient (Wildman–Crippen LogP) is 9.30. The van der Waals surface area contributed by atoms with Crippen molar-refractivity contribution in [2.45, 2.75) is 117 Å². The van der Waals surface area contributed by atoms with E-state index < -0.39 is 0 Å². The number of Topliss-reactive ketones (excluding diaryl/α,β-unsaturated/α-hetero) is 1. The SMILES string of the molecule is Cc1cc(C)cc([C@@H](CC(=O)C[C@H](c2cc(C)cc(C)c2)C2CCCCC2)C2CCCCC2)c1. The van der Waals surface area contributed by atoms with Crippen LogP contribution in [0.5, 0.6) is 0 Å². The van der Waals surface area contributed by atoms with Crippen LogP contribution in [0, 0.1) is 39.5 Å². The van der Waals surface area contributed by atoms with Gasteiger partial charge in [0, 0.05) is 12.8 Å². The summed E-state index contributed by atoms with van der Waals surface area (Å²) in [6.07, 6.45) is 14.6. The Balaban J connectivity index is 1.58.